The van der Waals surface area contributed by atoms with Crippen molar-refractivity contribution in [2.75, 3.05) is 13.1 Å². The highest BCUT2D eigenvalue weighted by atomic mass is 16.5. The molecule has 86 valence electrons. The normalized spacial score (nSPS) is 20.4. The average molecular weight is 221 g/mol. The van der Waals surface area contributed by atoms with Gasteiger partial charge in [0.15, 0.2) is 0 Å². The first-order chi connectivity index (χ1) is 7.75. The molecule has 16 heavy (non-hydrogen) atoms. The monoisotopic (exact) mass is 221 g/mol. The number of pyridine rings is 1. The number of amides is 1. The smallest absolute Gasteiger partial charge is 0.248 e. The summed E-state index contributed by atoms with van der Waals surface area (Å²) in [6.07, 6.45) is 3.77. The van der Waals surface area contributed by atoms with Crippen LogP contribution in [0, 0.1) is 0 Å². The van der Waals surface area contributed by atoms with E-state index in [-0.39, 0.29) is 6.10 Å². The zero-order valence-electron chi connectivity index (χ0n) is 8.98. The lowest BCUT2D eigenvalue weighted by Gasteiger charge is -2.23. The number of nitrogens with zero attached hydrogens (tertiary/aromatic N) is 1. The number of nitrogens with one attached hydrogen (secondary N) is 1. The van der Waals surface area contributed by atoms with Gasteiger partial charge in [0.05, 0.1) is 0 Å². The number of hydrogen-bond acceptors (Lipinski definition) is 4. The van der Waals surface area contributed by atoms with Gasteiger partial charge in [-0.1, -0.05) is 0 Å². The number of aromatic nitrogens is 1. The van der Waals surface area contributed by atoms with Crippen molar-refractivity contribution in [3.05, 3.63) is 23.9 Å². The second-order valence-corrected chi connectivity index (χ2v) is 3.83. The van der Waals surface area contributed by atoms with Crippen molar-refractivity contribution in [3.63, 3.8) is 0 Å². The SMILES string of the molecule is NC(=O)c1ccnc(OC2CCCNC2)c1. The van der Waals surface area contributed by atoms with Gasteiger partial charge >= 0.3 is 0 Å². The first-order valence-corrected chi connectivity index (χ1v) is 5.39. The van der Waals surface area contributed by atoms with Gasteiger partial charge in [0.1, 0.15) is 6.10 Å². The summed E-state index contributed by atoms with van der Waals surface area (Å²) in [6.45, 7) is 1.86. The van der Waals surface area contributed by atoms with Gasteiger partial charge in [0.25, 0.3) is 0 Å². The lowest BCUT2D eigenvalue weighted by Crippen LogP contribution is -2.37. The summed E-state index contributed by atoms with van der Waals surface area (Å²) in [5.41, 5.74) is 5.61. The summed E-state index contributed by atoms with van der Waals surface area (Å²) in [5.74, 6) is -0.000908. The molecule has 0 bridgehead atoms. The van der Waals surface area contributed by atoms with Crippen molar-refractivity contribution in [2.45, 2.75) is 18.9 Å². The van der Waals surface area contributed by atoms with Crippen LogP contribution in [0.4, 0.5) is 0 Å². The molecule has 1 fully saturated rings. The van der Waals surface area contributed by atoms with E-state index < -0.39 is 5.91 Å². The highest BCUT2D eigenvalue weighted by molar-refractivity contribution is 5.92. The van der Waals surface area contributed by atoms with Gasteiger partial charge in [-0.15, -0.1) is 0 Å². The Balaban J connectivity index is 2.02. The van der Waals surface area contributed by atoms with Crippen LogP contribution >= 0.6 is 0 Å². The van der Waals surface area contributed by atoms with Gasteiger partial charge in [-0.05, 0) is 25.5 Å². The van der Waals surface area contributed by atoms with E-state index in [1.807, 2.05) is 0 Å². The molecule has 1 aromatic heterocycles. The summed E-state index contributed by atoms with van der Waals surface area (Å²) in [7, 11) is 0. The quantitative estimate of drug-likeness (QED) is 0.770. The zero-order valence-corrected chi connectivity index (χ0v) is 8.98. The Kier molecular flexibility index (Phi) is 3.36. The molecule has 2 rings (SSSR count). The number of nitrogens with two attached hydrogens (primary N) is 1. The Morgan fingerprint density at radius 3 is 3.19 bits per heavy atom. The summed E-state index contributed by atoms with van der Waals surface area (Å²) in [4.78, 5) is 15.0. The molecule has 0 spiro atoms. The van der Waals surface area contributed by atoms with E-state index in [0.29, 0.717) is 11.4 Å². The third kappa shape index (κ3) is 2.70. The predicted octanol–water partition coefficient (Wildman–Crippen LogP) is 0.311. The second-order valence-electron chi connectivity index (χ2n) is 3.83. The molecular formula is C11H15N3O2. The minimum Gasteiger partial charge on any atom is -0.473 e. The maximum absolute atomic E-state index is 11.0. The lowest BCUT2D eigenvalue weighted by molar-refractivity contribution is 0.0998. The van der Waals surface area contributed by atoms with Crippen LogP contribution in [0.3, 0.4) is 0 Å². The lowest BCUT2D eigenvalue weighted by atomic mass is 10.1. The van der Waals surface area contributed by atoms with E-state index in [0.717, 1.165) is 25.9 Å². The topological polar surface area (TPSA) is 77.2 Å². The van der Waals surface area contributed by atoms with Crippen LogP contribution in [-0.2, 0) is 0 Å². The molecule has 0 saturated carbocycles. The van der Waals surface area contributed by atoms with E-state index in [9.17, 15) is 4.79 Å². The molecule has 1 unspecified atom stereocenters. The molecule has 1 amide bonds. The molecule has 0 aliphatic carbocycles. The van der Waals surface area contributed by atoms with Crippen LogP contribution < -0.4 is 15.8 Å². The molecule has 1 saturated heterocycles. The molecule has 1 aliphatic heterocycles. The zero-order chi connectivity index (χ0) is 11.4. The summed E-state index contributed by atoms with van der Waals surface area (Å²) >= 11 is 0. The molecule has 0 aromatic carbocycles. The van der Waals surface area contributed by atoms with Gasteiger partial charge in [-0.2, -0.15) is 0 Å². The van der Waals surface area contributed by atoms with E-state index in [1.165, 1.54) is 6.20 Å². The molecule has 2 heterocycles. The van der Waals surface area contributed by atoms with Crippen LogP contribution in [-0.4, -0.2) is 30.1 Å². The fourth-order valence-corrected chi connectivity index (χ4v) is 1.72. The van der Waals surface area contributed by atoms with Crippen molar-refractivity contribution in [1.82, 2.24) is 10.3 Å². The number of piperidine rings is 1. The van der Waals surface area contributed by atoms with Gasteiger partial charge in [0.2, 0.25) is 11.8 Å². The molecule has 1 aliphatic rings. The Morgan fingerprint density at radius 1 is 1.62 bits per heavy atom. The second kappa shape index (κ2) is 4.94. The van der Waals surface area contributed by atoms with Crippen molar-refractivity contribution in [2.24, 2.45) is 5.73 Å². The van der Waals surface area contributed by atoms with Gasteiger partial charge in [0, 0.05) is 24.4 Å². The minimum absolute atomic E-state index is 0.129. The van der Waals surface area contributed by atoms with E-state index >= 15 is 0 Å². The number of hydrogen-bond donors (Lipinski definition) is 2. The van der Waals surface area contributed by atoms with Crippen LogP contribution in [0.25, 0.3) is 0 Å². The van der Waals surface area contributed by atoms with Crippen LogP contribution in [0.1, 0.15) is 23.2 Å². The van der Waals surface area contributed by atoms with Crippen molar-refractivity contribution >= 4 is 5.91 Å². The molecular weight excluding hydrogens is 206 g/mol. The third-order valence-electron chi connectivity index (χ3n) is 2.56. The third-order valence-corrected chi connectivity index (χ3v) is 2.56. The van der Waals surface area contributed by atoms with Gasteiger partial charge in [-0.25, -0.2) is 4.98 Å². The van der Waals surface area contributed by atoms with Gasteiger partial charge < -0.3 is 15.8 Å². The number of carbonyl (C=O) groups excluding carboxylic acids is 1. The van der Waals surface area contributed by atoms with Crippen LogP contribution in [0.2, 0.25) is 0 Å². The maximum Gasteiger partial charge on any atom is 0.248 e. The highest BCUT2D eigenvalue weighted by Crippen LogP contribution is 2.14. The minimum atomic E-state index is -0.464. The van der Waals surface area contributed by atoms with Crippen molar-refractivity contribution in [3.8, 4) is 5.88 Å². The fourth-order valence-electron chi connectivity index (χ4n) is 1.72. The van der Waals surface area contributed by atoms with Crippen molar-refractivity contribution < 1.29 is 9.53 Å². The maximum atomic E-state index is 11.0. The number of primary amides is 1. The first kappa shape index (κ1) is 10.9. The predicted molar refractivity (Wildman–Crippen MR) is 59.3 cm³/mol. The van der Waals surface area contributed by atoms with E-state index in [1.54, 1.807) is 12.1 Å². The number of rotatable bonds is 3. The van der Waals surface area contributed by atoms with Crippen LogP contribution in [0.15, 0.2) is 18.3 Å². The Labute approximate surface area is 94.0 Å². The molecule has 0 radical (unpaired) electrons. The molecule has 1 aromatic rings. The Morgan fingerprint density at radius 2 is 2.50 bits per heavy atom. The first-order valence-electron chi connectivity index (χ1n) is 5.39. The summed E-state index contributed by atoms with van der Waals surface area (Å²) in [6, 6.07) is 3.16. The Hall–Kier alpha value is -1.62. The molecule has 3 N–H and O–H groups in total. The number of ether oxygens (including phenoxy) is 1. The molecule has 1 atom stereocenters. The molecule has 5 nitrogen and oxygen atoms in total. The summed E-state index contributed by atoms with van der Waals surface area (Å²) < 4.78 is 5.66. The van der Waals surface area contributed by atoms with E-state index in [2.05, 4.69) is 10.3 Å². The fraction of sp³-hybridized carbons (Fsp3) is 0.455. The summed E-state index contributed by atoms with van der Waals surface area (Å²) in [5, 5.41) is 3.25. The standard InChI is InChI=1S/C11H15N3O2/c12-11(15)8-3-5-14-10(6-8)16-9-2-1-4-13-7-9/h3,5-6,9,13H,1-2,4,7H2,(H2,12,15). The van der Waals surface area contributed by atoms with E-state index in [4.69, 9.17) is 10.5 Å². The van der Waals surface area contributed by atoms with Crippen molar-refractivity contribution in [1.29, 1.82) is 0 Å². The average Bonchev–Trinajstić information content (AvgIpc) is 2.30. The van der Waals surface area contributed by atoms with Gasteiger partial charge in [-0.3, -0.25) is 4.79 Å². The molecule has 5 heteroatoms. The largest absolute Gasteiger partial charge is 0.473 e. The van der Waals surface area contributed by atoms with Crippen LogP contribution in [0.5, 0.6) is 5.88 Å². The number of carbonyl (C=O) groups is 1. The highest BCUT2D eigenvalue weighted by Gasteiger charge is 2.15. The Bertz CT molecular complexity index is 375.